The molecule has 0 aliphatic carbocycles. The quantitative estimate of drug-likeness (QED) is 0.912. The van der Waals surface area contributed by atoms with E-state index in [1.54, 1.807) is 24.4 Å². The summed E-state index contributed by atoms with van der Waals surface area (Å²) in [5.41, 5.74) is 6.59. The summed E-state index contributed by atoms with van der Waals surface area (Å²) in [7, 11) is 0. The van der Waals surface area contributed by atoms with E-state index < -0.39 is 5.91 Å². The Hall–Kier alpha value is -2.13. The number of nitrogens with zero attached hydrogens (tertiary/aromatic N) is 3. The van der Waals surface area contributed by atoms with Crippen LogP contribution in [0.25, 0.3) is 5.69 Å². The van der Waals surface area contributed by atoms with E-state index in [0.717, 1.165) is 5.69 Å². The Morgan fingerprint density at radius 1 is 1.47 bits per heavy atom. The van der Waals surface area contributed by atoms with Crippen molar-refractivity contribution in [3.05, 3.63) is 46.2 Å². The van der Waals surface area contributed by atoms with Gasteiger partial charge in [0.15, 0.2) is 0 Å². The van der Waals surface area contributed by atoms with Gasteiger partial charge < -0.3 is 5.73 Å². The Bertz CT molecular complexity index is 627. The number of aromatic nitrogens is 2. The van der Waals surface area contributed by atoms with Gasteiger partial charge in [-0.2, -0.15) is 10.4 Å². The third-order valence-corrected chi connectivity index (χ3v) is 2.84. The molecule has 2 aromatic rings. The lowest BCUT2D eigenvalue weighted by Crippen LogP contribution is -2.12. The van der Waals surface area contributed by atoms with E-state index in [9.17, 15) is 4.79 Å². The number of rotatable bonds is 2. The number of nitriles is 1. The van der Waals surface area contributed by atoms with Gasteiger partial charge in [0.1, 0.15) is 11.8 Å². The van der Waals surface area contributed by atoms with Crippen LogP contribution in [0.2, 0.25) is 0 Å². The zero-order valence-electron chi connectivity index (χ0n) is 8.59. The van der Waals surface area contributed by atoms with Gasteiger partial charge >= 0.3 is 0 Å². The van der Waals surface area contributed by atoms with Crippen LogP contribution < -0.4 is 5.73 Å². The fourth-order valence-corrected chi connectivity index (χ4v) is 1.79. The third kappa shape index (κ3) is 2.19. The summed E-state index contributed by atoms with van der Waals surface area (Å²) >= 11 is 3.29. The maximum atomic E-state index is 10.9. The first kappa shape index (κ1) is 11.4. The second-order valence-corrected chi connectivity index (χ2v) is 4.14. The Balaban J connectivity index is 2.43. The van der Waals surface area contributed by atoms with Gasteiger partial charge in [-0.05, 0) is 40.2 Å². The molecule has 0 aliphatic heterocycles. The SMILES string of the molecule is N#Cc1ccc(-n2ccc(C(N)=O)n2)cc1Br. The van der Waals surface area contributed by atoms with Crippen molar-refractivity contribution < 1.29 is 4.79 Å². The van der Waals surface area contributed by atoms with Crippen LogP contribution in [0.3, 0.4) is 0 Å². The summed E-state index contributed by atoms with van der Waals surface area (Å²) in [5.74, 6) is -0.573. The highest BCUT2D eigenvalue weighted by atomic mass is 79.9. The lowest BCUT2D eigenvalue weighted by atomic mass is 10.2. The largest absolute Gasteiger partial charge is 0.364 e. The van der Waals surface area contributed by atoms with Gasteiger partial charge in [0.2, 0.25) is 0 Å². The molecule has 0 radical (unpaired) electrons. The van der Waals surface area contributed by atoms with Crippen LogP contribution in [0.1, 0.15) is 16.1 Å². The third-order valence-electron chi connectivity index (χ3n) is 2.18. The van der Waals surface area contributed by atoms with Crippen molar-refractivity contribution in [2.45, 2.75) is 0 Å². The van der Waals surface area contributed by atoms with Crippen LogP contribution in [0, 0.1) is 11.3 Å². The molecule has 0 unspecified atom stereocenters. The molecule has 1 heterocycles. The highest BCUT2D eigenvalue weighted by Crippen LogP contribution is 2.19. The molecule has 5 nitrogen and oxygen atoms in total. The van der Waals surface area contributed by atoms with E-state index in [4.69, 9.17) is 11.0 Å². The number of benzene rings is 1. The van der Waals surface area contributed by atoms with E-state index in [-0.39, 0.29) is 5.69 Å². The summed E-state index contributed by atoms with van der Waals surface area (Å²) in [6, 6.07) is 8.74. The van der Waals surface area contributed by atoms with Crippen LogP contribution in [-0.2, 0) is 0 Å². The van der Waals surface area contributed by atoms with E-state index in [2.05, 4.69) is 21.0 Å². The number of carbonyl (C=O) groups is 1. The molecule has 6 heteroatoms. The Kier molecular flexibility index (Phi) is 2.93. The van der Waals surface area contributed by atoms with Crippen molar-refractivity contribution in [1.82, 2.24) is 9.78 Å². The molecule has 1 aromatic carbocycles. The number of nitrogens with two attached hydrogens (primary N) is 1. The maximum absolute atomic E-state index is 10.9. The van der Waals surface area contributed by atoms with Gasteiger partial charge in [0.25, 0.3) is 5.91 Å². The predicted octanol–water partition coefficient (Wildman–Crippen LogP) is 1.61. The van der Waals surface area contributed by atoms with Crippen LogP contribution in [0.4, 0.5) is 0 Å². The zero-order valence-corrected chi connectivity index (χ0v) is 10.2. The van der Waals surface area contributed by atoms with E-state index in [1.807, 2.05) is 6.07 Å². The maximum Gasteiger partial charge on any atom is 0.269 e. The Labute approximate surface area is 106 Å². The van der Waals surface area contributed by atoms with Crippen LogP contribution in [-0.4, -0.2) is 15.7 Å². The molecule has 0 atom stereocenters. The average Bonchev–Trinajstić information content (AvgIpc) is 2.78. The number of hydrogen-bond acceptors (Lipinski definition) is 3. The number of carbonyl (C=O) groups excluding carboxylic acids is 1. The normalized spacial score (nSPS) is 9.88. The summed E-state index contributed by atoms with van der Waals surface area (Å²) in [5, 5.41) is 12.8. The molecule has 0 fully saturated rings. The number of hydrogen-bond donors (Lipinski definition) is 1. The van der Waals surface area contributed by atoms with Crippen molar-refractivity contribution in [3.8, 4) is 11.8 Å². The second kappa shape index (κ2) is 4.39. The van der Waals surface area contributed by atoms with Gasteiger partial charge in [0, 0.05) is 10.7 Å². The summed E-state index contributed by atoms with van der Waals surface area (Å²) in [6.45, 7) is 0. The standard InChI is InChI=1S/C11H7BrN4O/c12-9-5-8(2-1-7(9)6-13)16-4-3-10(15-16)11(14)17/h1-5H,(H2,14,17). The second-order valence-electron chi connectivity index (χ2n) is 3.29. The highest BCUT2D eigenvalue weighted by Gasteiger charge is 2.07. The molecular weight excluding hydrogens is 284 g/mol. The van der Waals surface area contributed by atoms with Crippen LogP contribution in [0.15, 0.2) is 34.9 Å². The molecule has 1 aromatic heterocycles. The first-order valence-electron chi connectivity index (χ1n) is 4.67. The van der Waals surface area contributed by atoms with Gasteiger partial charge in [0.05, 0.1) is 11.3 Å². The molecule has 0 saturated heterocycles. The monoisotopic (exact) mass is 290 g/mol. The van der Waals surface area contributed by atoms with Gasteiger partial charge in [-0.15, -0.1) is 0 Å². The molecule has 2 rings (SSSR count). The summed E-state index contributed by atoms with van der Waals surface area (Å²) < 4.78 is 2.19. The van der Waals surface area contributed by atoms with Crippen molar-refractivity contribution >= 4 is 21.8 Å². The first-order valence-corrected chi connectivity index (χ1v) is 5.46. The van der Waals surface area contributed by atoms with E-state index >= 15 is 0 Å². The first-order chi connectivity index (χ1) is 8.11. The molecule has 84 valence electrons. The molecule has 1 amide bonds. The molecule has 0 saturated carbocycles. The number of primary amides is 1. The van der Waals surface area contributed by atoms with E-state index in [1.165, 1.54) is 10.7 Å². The molecular formula is C11H7BrN4O. The lowest BCUT2D eigenvalue weighted by molar-refractivity contribution is 0.0995. The Morgan fingerprint density at radius 2 is 2.24 bits per heavy atom. The smallest absolute Gasteiger partial charge is 0.269 e. The number of halogens is 1. The molecule has 0 spiro atoms. The minimum Gasteiger partial charge on any atom is -0.364 e. The van der Waals surface area contributed by atoms with E-state index in [0.29, 0.717) is 10.0 Å². The predicted molar refractivity (Wildman–Crippen MR) is 64.5 cm³/mol. The van der Waals surface area contributed by atoms with Crippen molar-refractivity contribution in [1.29, 1.82) is 5.26 Å². The van der Waals surface area contributed by atoms with Crippen molar-refractivity contribution in [2.75, 3.05) is 0 Å². The molecule has 17 heavy (non-hydrogen) atoms. The van der Waals surface area contributed by atoms with Crippen molar-refractivity contribution in [3.63, 3.8) is 0 Å². The molecule has 0 aliphatic rings. The van der Waals surface area contributed by atoms with Crippen LogP contribution in [0.5, 0.6) is 0 Å². The fourth-order valence-electron chi connectivity index (χ4n) is 1.34. The Morgan fingerprint density at radius 3 is 2.76 bits per heavy atom. The average molecular weight is 291 g/mol. The van der Waals surface area contributed by atoms with Crippen LogP contribution >= 0.6 is 15.9 Å². The minimum atomic E-state index is -0.573. The molecule has 0 bridgehead atoms. The zero-order chi connectivity index (χ0) is 12.4. The topological polar surface area (TPSA) is 84.7 Å². The minimum absolute atomic E-state index is 0.200. The summed E-state index contributed by atoms with van der Waals surface area (Å²) in [4.78, 5) is 10.9. The highest BCUT2D eigenvalue weighted by molar-refractivity contribution is 9.10. The van der Waals surface area contributed by atoms with Gasteiger partial charge in [-0.25, -0.2) is 4.68 Å². The number of amides is 1. The molecule has 2 N–H and O–H groups in total. The summed E-state index contributed by atoms with van der Waals surface area (Å²) in [6.07, 6.45) is 1.63. The van der Waals surface area contributed by atoms with Crippen molar-refractivity contribution in [2.24, 2.45) is 5.73 Å². The lowest BCUT2D eigenvalue weighted by Gasteiger charge is -2.02. The van der Waals surface area contributed by atoms with Gasteiger partial charge in [-0.1, -0.05) is 0 Å². The van der Waals surface area contributed by atoms with Gasteiger partial charge in [-0.3, -0.25) is 4.79 Å². The fraction of sp³-hybridized carbons (Fsp3) is 0.